The summed E-state index contributed by atoms with van der Waals surface area (Å²) in [7, 11) is 0. The number of amides is 2. The summed E-state index contributed by atoms with van der Waals surface area (Å²) in [5, 5.41) is 40.6. The lowest BCUT2D eigenvalue weighted by Crippen LogP contribution is -2.46. The summed E-state index contributed by atoms with van der Waals surface area (Å²) >= 11 is 0. The number of aromatic hydroxyl groups is 2. The van der Waals surface area contributed by atoms with Crippen LogP contribution in [0.3, 0.4) is 0 Å². The van der Waals surface area contributed by atoms with Gasteiger partial charge in [-0.25, -0.2) is 0 Å². The number of carbonyl (C=O) groups excluding carboxylic acids is 2. The second-order valence-electron chi connectivity index (χ2n) is 8.93. The normalized spacial score (nSPS) is 13.8. The monoisotopic (exact) mass is 495 g/mol. The highest BCUT2D eigenvalue weighted by Gasteiger charge is 2.27. The highest BCUT2D eigenvalue weighted by molar-refractivity contribution is 6.48. The number of hydrogen-bond donors (Lipinski definition) is 5. The van der Waals surface area contributed by atoms with Gasteiger partial charge in [0.25, 0.3) is 5.91 Å². The van der Waals surface area contributed by atoms with Gasteiger partial charge in [0.2, 0.25) is 6.41 Å². The topological polar surface area (TPSA) is 150 Å². The number of anilines is 1. The van der Waals surface area contributed by atoms with E-state index in [0.717, 1.165) is 24.2 Å². The number of phenolic OH excluding ortho intramolecular Hbond substituents is 2. The third-order valence-electron chi connectivity index (χ3n) is 6.05. The minimum Gasteiger partial charge on any atom is -0.508 e. The summed E-state index contributed by atoms with van der Waals surface area (Å²) < 4.78 is 6.03. The van der Waals surface area contributed by atoms with Crippen molar-refractivity contribution in [3.8, 4) is 17.2 Å². The van der Waals surface area contributed by atoms with Crippen LogP contribution in [0.2, 0.25) is 0 Å². The molecule has 0 aromatic heterocycles. The molecule has 192 valence electrons. The van der Waals surface area contributed by atoms with Gasteiger partial charge in [0, 0.05) is 44.2 Å². The molecule has 1 saturated heterocycles. The van der Waals surface area contributed by atoms with Gasteiger partial charge >= 0.3 is 0 Å². The number of likely N-dealkylation sites (N-methyl/N-ethyl adjacent to an activating group) is 1. The molecule has 0 spiro atoms. The van der Waals surface area contributed by atoms with Crippen molar-refractivity contribution < 1.29 is 24.5 Å². The first-order chi connectivity index (χ1) is 17.2. The van der Waals surface area contributed by atoms with Crippen molar-refractivity contribution in [2.75, 3.05) is 24.5 Å². The molecule has 0 bridgehead atoms. The highest BCUT2D eigenvalue weighted by atomic mass is 16.5. The molecule has 2 amide bonds. The average Bonchev–Trinajstić information content (AvgIpc) is 2.85. The average molecular weight is 496 g/mol. The van der Waals surface area contributed by atoms with E-state index >= 15 is 0 Å². The van der Waals surface area contributed by atoms with Crippen LogP contribution < -0.4 is 15.0 Å². The molecule has 0 unspecified atom stereocenters. The molecule has 0 aliphatic carbocycles. The molecule has 1 aliphatic heterocycles. The van der Waals surface area contributed by atoms with E-state index < -0.39 is 11.7 Å². The van der Waals surface area contributed by atoms with E-state index in [1.807, 2.05) is 13.8 Å². The maximum atomic E-state index is 12.6. The maximum absolute atomic E-state index is 12.6. The quantitative estimate of drug-likeness (QED) is 0.226. The minimum absolute atomic E-state index is 0.0292. The van der Waals surface area contributed by atoms with Crippen LogP contribution in [0.5, 0.6) is 17.2 Å². The van der Waals surface area contributed by atoms with Crippen molar-refractivity contribution in [2.45, 2.75) is 45.6 Å². The zero-order valence-electron chi connectivity index (χ0n) is 20.7. The summed E-state index contributed by atoms with van der Waals surface area (Å²) in [6.07, 6.45) is 2.25. The van der Waals surface area contributed by atoms with Crippen LogP contribution in [0, 0.1) is 10.8 Å². The number of piperidine rings is 1. The van der Waals surface area contributed by atoms with Crippen LogP contribution in [0.25, 0.3) is 0 Å². The Morgan fingerprint density at radius 1 is 1.17 bits per heavy atom. The molecular formula is C26H33N5O5. The molecule has 2 aromatic carbocycles. The number of phenols is 2. The van der Waals surface area contributed by atoms with Gasteiger partial charge < -0.3 is 25.2 Å². The highest BCUT2D eigenvalue weighted by Crippen LogP contribution is 2.34. The zero-order valence-corrected chi connectivity index (χ0v) is 20.7. The first-order valence-corrected chi connectivity index (χ1v) is 11.9. The Hall–Kier alpha value is -4.08. The fourth-order valence-electron chi connectivity index (χ4n) is 4.05. The molecule has 1 aliphatic rings. The second-order valence-corrected chi connectivity index (χ2v) is 8.93. The Bertz CT molecular complexity index is 1120. The van der Waals surface area contributed by atoms with Gasteiger partial charge in [0.1, 0.15) is 29.2 Å². The summed E-state index contributed by atoms with van der Waals surface area (Å²) in [6.45, 7) is 7.04. The van der Waals surface area contributed by atoms with Crippen molar-refractivity contribution in [1.29, 1.82) is 10.8 Å². The van der Waals surface area contributed by atoms with Crippen LogP contribution >= 0.6 is 0 Å². The van der Waals surface area contributed by atoms with E-state index in [9.17, 15) is 19.8 Å². The number of hydrogen-bond acceptors (Lipinski definition) is 7. The van der Waals surface area contributed by atoms with Crippen LogP contribution in [-0.4, -0.2) is 64.8 Å². The van der Waals surface area contributed by atoms with Gasteiger partial charge in [0.15, 0.2) is 5.84 Å². The molecule has 0 atom stereocenters. The Balaban J connectivity index is 1.91. The minimum atomic E-state index is -0.674. The van der Waals surface area contributed by atoms with Crippen molar-refractivity contribution >= 4 is 29.7 Å². The molecule has 1 heterocycles. The summed E-state index contributed by atoms with van der Waals surface area (Å²) in [5.41, 5.74) is 0.965. The SMILES string of the molecule is CCNC(=O)C(=N)N(C(=N)c1cc(C(C)C)c(O)cc1O)c1ccc(OC2CCN(C=O)CC2)cc1. The van der Waals surface area contributed by atoms with E-state index in [1.165, 1.54) is 12.1 Å². The predicted octanol–water partition coefficient (Wildman–Crippen LogP) is 3.17. The van der Waals surface area contributed by atoms with Crippen LogP contribution in [-0.2, 0) is 9.59 Å². The smallest absolute Gasteiger partial charge is 0.287 e. The lowest BCUT2D eigenvalue weighted by molar-refractivity contribution is -0.119. The lowest BCUT2D eigenvalue weighted by atomic mass is 9.98. The summed E-state index contributed by atoms with van der Waals surface area (Å²) in [4.78, 5) is 26.3. The van der Waals surface area contributed by atoms with E-state index in [-0.39, 0.29) is 34.9 Å². The number of likely N-dealkylation sites (tertiary alicyclic amines) is 1. The Morgan fingerprint density at radius 3 is 2.36 bits per heavy atom. The predicted molar refractivity (Wildman–Crippen MR) is 137 cm³/mol. The first kappa shape index (κ1) is 26.5. The number of benzene rings is 2. The van der Waals surface area contributed by atoms with Crippen molar-refractivity contribution in [3.63, 3.8) is 0 Å². The molecule has 1 fully saturated rings. The van der Waals surface area contributed by atoms with Gasteiger partial charge in [-0.2, -0.15) is 0 Å². The van der Waals surface area contributed by atoms with E-state index in [2.05, 4.69) is 5.32 Å². The number of nitrogens with one attached hydrogen (secondary N) is 3. The molecule has 36 heavy (non-hydrogen) atoms. The Kier molecular flexibility index (Phi) is 8.52. The number of rotatable bonds is 7. The Morgan fingerprint density at radius 2 is 1.81 bits per heavy atom. The van der Waals surface area contributed by atoms with Gasteiger partial charge in [-0.05, 0) is 48.7 Å². The van der Waals surface area contributed by atoms with Crippen LogP contribution in [0.1, 0.15) is 50.7 Å². The maximum Gasteiger partial charge on any atom is 0.287 e. The lowest BCUT2D eigenvalue weighted by Gasteiger charge is -2.30. The number of ether oxygens (including phenoxy) is 1. The molecule has 3 rings (SSSR count). The Labute approximate surface area is 210 Å². The largest absolute Gasteiger partial charge is 0.508 e. The first-order valence-electron chi connectivity index (χ1n) is 11.9. The molecule has 10 nitrogen and oxygen atoms in total. The van der Waals surface area contributed by atoms with Crippen molar-refractivity contribution in [1.82, 2.24) is 10.2 Å². The molecule has 0 radical (unpaired) electrons. The third-order valence-corrected chi connectivity index (χ3v) is 6.05. The van der Waals surface area contributed by atoms with Crippen LogP contribution in [0.4, 0.5) is 5.69 Å². The van der Waals surface area contributed by atoms with Gasteiger partial charge in [-0.1, -0.05) is 13.8 Å². The summed E-state index contributed by atoms with van der Waals surface area (Å²) in [5.74, 6) is -1.37. The van der Waals surface area contributed by atoms with Gasteiger partial charge in [0.05, 0.1) is 5.56 Å². The number of nitrogens with zero attached hydrogens (tertiary/aromatic N) is 2. The van der Waals surface area contributed by atoms with Crippen molar-refractivity contribution in [2.24, 2.45) is 0 Å². The van der Waals surface area contributed by atoms with Crippen LogP contribution in [0.15, 0.2) is 36.4 Å². The standard InChI is InChI=1S/C26H33N5O5/c1-4-29-26(35)25(28)31(24(27)21-13-20(16(2)3)22(33)14-23(21)34)17-5-7-18(8-6-17)36-19-9-11-30(15-32)12-10-19/h5-8,13-16,19,27-28,33-34H,4,9-12H2,1-3H3,(H,29,35). The fourth-order valence-corrected chi connectivity index (χ4v) is 4.05. The molecular weight excluding hydrogens is 462 g/mol. The van der Waals surface area contributed by atoms with E-state index in [0.29, 0.717) is 36.6 Å². The molecule has 2 aromatic rings. The number of carbonyl (C=O) groups is 2. The fraction of sp³-hybridized carbons (Fsp3) is 0.385. The zero-order chi connectivity index (χ0) is 26.4. The van der Waals surface area contributed by atoms with Gasteiger partial charge in [-0.3, -0.25) is 25.3 Å². The van der Waals surface area contributed by atoms with Gasteiger partial charge in [-0.15, -0.1) is 0 Å². The third kappa shape index (κ3) is 5.94. The summed E-state index contributed by atoms with van der Waals surface area (Å²) in [6, 6.07) is 9.34. The molecule has 0 saturated carbocycles. The molecule has 10 heteroatoms. The molecule has 5 N–H and O–H groups in total. The second kappa shape index (κ2) is 11.6. The van der Waals surface area contributed by atoms with E-state index in [1.54, 1.807) is 36.1 Å². The van der Waals surface area contributed by atoms with E-state index in [4.69, 9.17) is 15.6 Å². The number of amidine groups is 2. The van der Waals surface area contributed by atoms with Crippen molar-refractivity contribution in [3.05, 3.63) is 47.5 Å².